The minimum Gasteiger partial charge on any atom is -0.309 e. The molecule has 16 aromatic rings. The normalized spacial score (nSPS) is 12.0. The standard InChI is InChI=1S/C77H49F3N6/c1-48-40-54(42-56(41-48)77(78,79)80)51-38-39-72-66(45-51)63-32-12-17-37-71(63)86(72)73-64(52-24-18-26-57(43-52)84-67-33-13-8-28-59(67)60-29-9-14-34-68(60)84)46-55(76-82-74(49-20-4-2-5-21-49)81-75(83-76)50-22-6-3-7-23-50)47-65(73)53-25-19-27-58(44-53)85-69-35-15-10-30-61(69)62-31-11-16-36-70(62)85/h2-47H,1H3. The molecule has 0 atom stereocenters. The Labute approximate surface area is 492 Å². The molecule has 0 saturated carbocycles. The SMILES string of the molecule is Cc1cc(-c2ccc3c(c2)c2ccccc2n3-c2c(-c3cccc(-n4c5ccccc5c5ccccc54)c3)cc(-c3nc(-c4ccccc4)nc(-c4ccccc4)n3)cc2-c2cccc(-n3c4ccccc4c4ccccc43)c2)cc(C(F)(F)F)c1. The molecule has 0 spiro atoms. The number of hydrogen-bond donors (Lipinski definition) is 0. The van der Waals surface area contributed by atoms with Crippen LogP contribution in [0.15, 0.2) is 279 Å². The first kappa shape index (κ1) is 50.6. The van der Waals surface area contributed by atoms with Crippen molar-refractivity contribution >= 4 is 65.4 Å². The van der Waals surface area contributed by atoms with E-state index in [-0.39, 0.29) is 0 Å². The summed E-state index contributed by atoms with van der Waals surface area (Å²) in [5, 5.41) is 6.47. The maximum Gasteiger partial charge on any atom is 0.416 e. The number of hydrogen-bond acceptors (Lipinski definition) is 3. The molecule has 86 heavy (non-hydrogen) atoms. The Morgan fingerprint density at radius 3 is 1.12 bits per heavy atom. The molecule has 6 nitrogen and oxygen atoms in total. The number of benzene rings is 12. The molecule has 0 amide bonds. The van der Waals surface area contributed by atoms with Crippen molar-refractivity contribution in [3.8, 4) is 84.6 Å². The summed E-state index contributed by atoms with van der Waals surface area (Å²) < 4.78 is 50.4. The quantitative estimate of drug-likeness (QED) is 0.145. The average Bonchev–Trinajstić information content (AvgIpc) is 1.64. The van der Waals surface area contributed by atoms with E-state index in [0.717, 1.165) is 121 Å². The van der Waals surface area contributed by atoms with Gasteiger partial charge in [0, 0.05) is 71.5 Å². The Morgan fingerprint density at radius 1 is 0.279 bits per heavy atom. The Morgan fingerprint density at radius 2 is 0.663 bits per heavy atom. The molecular formula is C77H49F3N6. The highest BCUT2D eigenvalue weighted by Gasteiger charge is 2.31. The van der Waals surface area contributed by atoms with Gasteiger partial charge in [-0.25, -0.2) is 15.0 Å². The van der Waals surface area contributed by atoms with Crippen LogP contribution < -0.4 is 0 Å². The molecule has 0 radical (unpaired) electrons. The van der Waals surface area contributed by atoms with Gasteiger partial charge in [-0.15, -0.1) is 0 Å². The Balaban J connectivity index is 1.03. The summed E-state index contributed by atoms with van der Waals surface area (Å²) in [7, 11) is 0. The number of alkyl halides is 3. The first-order valence-electron chi connectivity index (χ1n) is 28.6. The second kappa shape index (κ2) is 20.0. The third-order valence-electron chi connectivity index (χ3n) is 16.7. The molecule has 0 aliphatic heterocycles. The number of nitrogens with zero attached hydrogens (tertiary/aromatic N) is 6. The zero-order valence-corrected chi connectivity index (χ0v) is 46.4. The fourth-order valence-electron chi connectivity index (χ4n) is 12.9. The van der Waals surface area contributed by atoms with E-state index in [1.54, 1.807) is 6.92 Å². The van der Waals surface area contributed by atoms with Crippen LogP contribution in [0.25, 0.3) is 150 Å². The molecule has 0 fully saturated rings. The van der Waals surface area contributed by atoms with E-state index in [9.17, 15) is 13.2 Å². The highest BCUT2D eigenvalue weighted by molar-refractivity contribution is 6.13. The lowest BCUT2D eigenvalue weighted by Gasteiger charge is -2.22. The highest BCUT2D eigenvalue weighted by Crippen LogP contribution is 2.47. The summed E-state index contributed by atoms with van der Waals surface area (Å²) in [6, 6.07) is 94.9. The Hall–Kier alpha value is -11.2. The van der Waals surface area contributed by atoms with E-state index >= 15 is 0 Å². The summed E-state index contributed by atoms with van der Waals surface area (Å²) in [4.78, 5) is 15.9. The van der Waals surface area contributed by atoms with Crippen LogP contribution >= 0.6 is 0 Å². The van der Waals surface area contributed by atoms with Gasteiger partial charge in [0.15, 0.2) is 17.5 Å². The van der Waals surface area contributed by atoms with Crippen molar-refractivity contribution in [3.05, 3.63) is 290 Å². The van der Waals surface area contributed by atoms with Gasteiger partial charge in [0.2, 0.25) is 0 Å². The third kappa shape index (κ3) is 8.46. The number of aromatic nitrogens is 6. The number of aryl methyl sites for hydroxylation is 1. The fraction of sp³-hybridized carbons (Fsp3) is 0.0260. The second-order valence-corrected chi connectivity index (χ2v) is 22.0. The van der Waals surface area contributed by atoms with Gasteiger partial charge in [-0.05, 0) is 126 Å². The topological polar surface area (TPSA) is 53.5 Å². The van der Waals surface area contributed by atoms with Gasteiger partial charge < -0.3 is 13.7 Å². The van der Waals surface area contributed by atoms with Gasteiger partial charge >= 0.3 is 6.18 Å². The van der Waals surface area contributed by atoms with Gasteiger partial charge in [-0.2, -0.15) is 13.2 Å². The molecule has 4 aromatic heterocycles. The molecule has 4 heterocycles. The van der Waals surface area contributed by atoms with Crippen molar-refractivity contribution in [2.45, 2.75) is 13.1 Å². The zero-order valence-electron chi connectivity index (χ0n) is 46.4. The first-order chi connectivity index (χ1) is 42.2. The Kier molecular flexibility index (Phi) is 11.8. The van der Waals surface area contributed by atoms with Gasteiger partial charge in [0.1, 0.15) is 0 Å². The highest BCUT2D eigenvalue weighted by atomic mass is 19.4. The molecule has 0 aliphatic rings. The van der Waals surface area contributed by atoms with Crippen LogP contribution in [0.3, 0.4) is 0 Å². The smallest absolute Gasteiger partial charge is 0.309 e. The van der Waals surface area contributed by atoms with E-state index < -0.39 is 11.7 Å². The number of fused-ring (bicyclic) bond motifs is 9. The number of rotatable bonds is 9. The van der Waals surface area contributed by atoms with Crippen molar-refractivity contribution in [1.29, 1.82) is 0 Å². The summed E-state index contributed by atoms with van der Waals surface area (Å²) in [6.07, 6.45) is -4.51. The predicted molar refractivity (Wildman–Crippen MR) is 345 cm³/mol. The molecule has 408 valence electrons. The molecule has 0 aliphatic carbocycles. The van der Waals surface area contributed by atoms with Crippen molar-refractivity contribution in [3.63, 3.8) is 0 Å². The van der Waals surface area contributed by atoms with Gasteiger partial charge in [-0.3, -0.25) is 0 Å². The van der Waals surface area contributed by atoms with Crippen LogP contribution in [0, 0.1) is 6.92 Å². The lowest BCUT2D eigenvalue weighted by Crippen LogP contribution is -2.05. The van der Waals surface area contributed by atoms with E-state index in [2.05, 4.69) is 196 Å². The molecule has 0 unspecified atom stereocenters. The minimum atomic E-state index is -4.51. The van der Waals surface area contributed by atoms with Crippen LogP contribution in [0.2, 0.25) is 0 Å². The van der Waals surface area contributed by atoms with E-state index in [0.29, 0.717) is 34.2 Å². The van der Waals surface area contributed by atoms with Crippen LogP contribution in [-0.2, 0) is 6.18 Å². The molecular weight excluding hydrogens is 1070 g/mol. The summed E-state index contributed by atoms with van der Waals surface area (Å²) in [5.41, 5.74) is 16.2. The second-order valence-electron chi connectivity index (χ2n) is 22.0. The third-order valence-corrected chi connectivity index (χ3v) is 16.7. The van der Waals surface area contributed by atoms with E-state index in [1.807, 2.05) is 84.9 Å². The van der Waals surface area contributed by atoms with Crippen molar-refractivity contribution in [2.24, 2.45) is 0 Å². The van der Waals surface area contributed by atoms with Crippen molar-refractivity contribution in [2.75, 3.05) is 0 Å². The van der Waals surface area contributed by atoms with Gasteiger partial charge in [0.25, 0.3) is 0 Å². The van der Waals surface area contributed by atoms with Crippen LogP contribution in [-0.4, -0.2) is 28.7 Å². The summed E-state index contributed by atoms with van der Waals surface area (Å²) >= 11 is 0. The van der Waals surface area contributed by atoms with Crippen molar-refractivity contribution < 1.29 is 13.2 Å². The maximum absolute atomic E-state index is 14.5. The largest absolute Gasteiger partial charge is 0.416 e. The first-order valence-corrected chi connectivity index (χ1v) is 28.6. The van der Waals surface area contributed by atoms with E-state index in [4.69, 9.17) is 15.0 Å². The van der Waals surface area contributed by atoms with Gasteiger partial charge in [0.05, 0.1) is 44.4 Å². The number of halogens is 3. The Bertz CT molecular complexity index is 5020. The predicted octanol–water partition coefficient (Wildman–Crippen LogP) is 20.5. The fourth-order valence-corrected chi connectivity index (χ4v) is 12.9. The lowest BCUT2D eigenvalue weighted by atomic mass is 9.92. The van der Waals surface area contributed by atoms with Gasteiger partial charge in [-0.1, -0.05) is 188 Å². The molecule has 0 saturated heterocycles. The maximum atomic E-state index is 14.5. The monoisotopic (exact) mass is 1110 g/mol. The summed E-state index contributed by atoms with van der Waals surface area (Å²) in [5.74, 6) is 1.57. The minimum absolute atomic E-state index is 0.493. The molecule has 16 rings (SSSR count). The molecule has 0 bridgehead atoms. The van der Waals surface area contributed by atoms with E-state index in [1.165, 1.54) is 12.1 Å². The van der Waals surface area contributed by atoms with Crippen LogP contribution in [0.5, 0.6) is 0 Å². The molecule has 0 N–H and O–H groups in total. The average molecular weight is 1120 g/mol. The zero-order chi connectivity index (χ0) is 57.6. The molecule has 12 aromatic carbocycles. The lowest BCUT2D eigenvalue weighted by molar-refractivity contribution is -0.137. The van der Waals surface area contributed by atoms with Crippen molar-refractivity contribution in [1.82, 2.24) is 28.7 Å². The van der Waals surface area contributed by atoms with Crippen LogP contribution in [0.4, 0.5) is 13.2 Å². The number of para-hydroxylation sites is 5. The summed E-state index contributed by atoms with van der Waals surface area (Å²) in [6.45, 7) is 1.71. The van der Waals surface area contributed by atoms with Crippen LogP contribution in [0.1, 0.15) is 11.1 Å². The molecule has 9 heteroatoms.